The van der Waals surface area contributed by atoms with Crippen LogP contribution in [-0.2, 0) is 5.41 Å². The molecule has 3 heteroatoms. The maximum Gasteiger partial charge on any atom is 0.104 e. The third-order valence-corrected chi connectivity index (χ3v) is 13.2. The van der Waals surface area contributed by atoms with Gasteiger partial charge in [-0.05, 0) is 103 Å². The van der Waals surface area contributed by atoms with Crippen LogP contribution < -0.4 is 15.5 Å². The Balaban J connectivity index is 1.04. The summed E-state index contributed by atoms with van der Waals surface area (Å²) in [4.78, 5) is 2.45. The maximum absolute atomic E-state index is 3.92. The molecule has 2 heterocycles. The number of hydrogen-bond acceptors (Lipinski definition) is 3. The molecule has 1 spiro atoms. The van der Waals surface area contributed by atoms with E-state index in [2.05, 4.69) is 252 Å². The molecule has 0 fully saturated rings. The fourth-order valence-corrected chi connectivity index (χ4v) is 10.5. The van der Waals surface area contributed by atoms with Crippen LogP contribution in [-0.4, -0.2) is 0 Å². The number of nitrogens with zero attached hydrogens (tertiary/aromatic N) is 1. The first kappa shape index (κ1) is 36.2. The Bertz CT molecular complexity index is 3100. The minimum absolute atomic E-state index is 0.0227. The number of nitrogens with one attached hydrogen (secondary N) is 2. The van der Waals surface area contributed by atoms with E-state index in [1.807, 2.05) is 0 Å². The summed E-state index contributed by atoms with van der Waals surface area (Å²) in [5.41, 5.74) is 20.3. The number of para-hydroxylation sites is 3. The predicted molar refractivity (Wildman–Crippen MR) is 255 cm³/mol. The van der Waals surface area contributed by atoms with Gasteiger partial charge < -0.3 is 10.2 Å². The second kappa shape index (κ2) is 14.8. The fraction of sp³-hybridized carbons (Fsp3) is 0.0508. The average molecular weight is 794 g/mol. The predicted octanol–water partition coefficient (Wildman–Crippen LogP) is 14.1. The van der Waals surface area contributed by atoms with Gasteiger partial charge in [0.15, 0.2) is 0 Å². The first-order valence-electron chi connectivity index (χ1n) is 21.6. The van der Waals surface area contributed by atoms with Gasteiger partial charge in [-0.1, -0.05) is 200 Å². The molecule has 3 nitrogen and oxygen atoms in total. The zero-order valence-electron chi connectivity index (χ0n) is 34.1. The first-order valence-corrected chi connectivity index (χ1v) is 21.6. The summed E-state index contributed by atoms with van der Waals surface area (Å²) < 4.78 is 0. The van der Waals surface area contributed by atoms with E-state index in [1.54, 1.807) is 0 Å². The van der Waals surface area contributed by atoms with Gasteiger partial charge in [0.05, 0.1) is 22.8 Å². The van der Waals surface area contributed by atoms with E-state index in [0.717, 1.165) is 11.4 Å². The average Bonchev–Trinajstić information content (AvgIpc) is 3.64. The lowest BCUT2D eigenvalue weighted by Gasteiger charge is -2.45. The van der Waals surface area contributed by atoms with Crippen molar-refractivity contribution in [1.82, 2.24) is 10.6 Å². The largest absolute Gasteiger partial charge is 0.366 e. The summed E-state index contributed by atoms with van der Waals surface area (Å²) >= 11 is 0. The van der Waals surface area contributed by atoms with E-state index in [4.69, 9.17) is 0 Å². The van der Waals surface area contributed by atoms with Gasteiger partial charge in [0.2, 0.25) is 0 Å². The van der Waals surface area contributed by atoms with Crippen molar-refractivity contribution in [2.45, 2.75) is 17.6 Å². The molecule has 12 rings (SSSR count). The minimum atomic E-state index is -0.532. The Kier molecular flexibility index (Phi) is 8.62. The molecule has 3 aliphatic rings. The van der Waals surface area contributed by atoms with Gasteiger partial charge in [-0.15, -0.1) is 0 Å². The van der Waals surface area contributed by atoms with Crippen LogP contribution in [0.2, 0.25) is 0 Å². The monoisotopic (exact) mass is 793 g/mol. The van der Waals surface area contributed by atoms with Crippen molar-refractivity contribution in [1.29, 1.82) is 0 Å². The first-order chi connectivity index (χ1) is 30.8. The third-order valence-electron chi connectivity index (χ3n) is 13.2. The molecule has 62 heavy (non-hydrogen) atoms. The fourth-order valence-electron chi connectivity index (χ4n) is 10.5. The minimum Gasteiger partial charge on any atom is -0.366 e. The molecule has 0 radical (unpaired) electrons. The van der Waals surface area contributed by atoms with Crippen LogP contribution in [0.3, 0.4) is 0 Å². The Hall–Kier alpha value is -7.72. The van der Waals surface area contributed by atoms with E-state index in [1.165, 1.54) is 83.7 Å². The van der Waals surface area contributed by atoms with E-state index >= 15 is 0 Å². The summed E-state index contributed by atoms with van der Waals surface area (Å²) in [7, 11) is 0. The van der Waals surface area contributed by atoms with Gasteiger partial charge in [0, 0.05) is 16.9 Å². The van der Waals surface area contributed by atoms with E-state index < -0.39 is 5.41 Å². The van der Waals surface area contributed by atoms with E-state index in [0.29, 0.717) is 0 Å². The second-order valence-electron chi connectivity index (χ2n) is 16.5. The molecule has 0 saturated heterocycles. The molecule has 2 aliphatic heterocycles. The van der Waals surface area contributed by atoms with E-state index in [9.17, 15) is 0 Å². The molecule has 2 unspecified atom stereocenters. The van der Waals surface area contributed by atoms with Crippen molar-refractivity contribution in [2.24, 2.45) is 0 Å². The second-order valence-corrected chi connectivity index (χ2v) is 16.5. The van der Waals surface area contributed by atoms with Crippen molar-refractivity contribution >= 4 is 22.8 Å². The van der Waals surface area contributed by atoms with Crippen LogP contribution >= 0.6 is 0 Å². The highest BCUT2D eigenvalue weighted by Crippen LogP contribution is 2.63. The Labute approximate surface area is 363 Å². The topological polar surface area (TPSA) is 27.3 Å². The number of anilines is 3. The van der Waals surface area contributed by atoms with Crippen molar-refractivity contribution in [3.05, 3.63) is 276 Å². The third kappa shape index (κ3) is 5.63. The van der Waals surface area contributed by atoms with Crippen LogP contribution in [0.15, 0.2) is 237 Å². The molecule has 0 amide bonds. The lowest BCUT2D eigenvalue weighted by Crippen LogP contribution is -2.39. The van der Waals surface area contributed by atoms with Crippen LogP contribution in [0, 0.1) is 0 Å². The molecule has 9 aromatic carbocycles. The summed E-state index contributed by atoms with van der Waals surface area (Å²) in [6.45, 7) is 0. The zero-order valence-corrected chi connectivity index (χ0v) is 34.1. The summed E-state index contributed by atoms with van der Waals surface area (Å²) in [6.07, 6.45) is 2.28. The standard InChI is InChI=1S/C59H43N3/c1-4-20-40(21-5-1)54-39-55(61-58(60-54)41-22-6-2-7-23-41)49-30-13-12-28-46(49)45-27-11-10-26-44(45)42-36-37-48-47-29-14-15-31-50(47)59(53(48)38-42)51-32-16-18-34-56(51)62(43-24-8-3-9-25-43)57-35-19-17-33-52(57)59/h1-39,54,58,60-61H. The van der Waals surface area contributed by atoms with Crippen molar-refractivity contribution < 1.29 is 0 Å². The summed E-state index contributed by atoms with van der Waals surface area (Å²) in [5.74, 6) is 0. The molecule has 1 aliphatic carbocycles. The maximum atomic E-state index is 3.92. The highest BCUT2D eigenvalue weighted by molar-refractivity contribution is 5.98. The molecule has 0 bridgehead atoms. The molecule has 0 aromatic heterocycles. The Morgan fingerprint density at radius 1 is 0.371 bits per heavy atom. The van der Waals surface area contributed by atoms with Crippen molar-refractivity contribution in [2.75, 3.05) is 4.90 Å². The molecule has 2 atom stereocenters. The van der Waals surface area contributed by atoms with Gasteiger partial charge in [0.1, 0.15) is 6.17 Å². The van der Waals surface area contributed by atoms with Crippen LogP contribution in [0.4, 0.5) is 17.1 Å². The van der Waals surface area contributed by atoms with Gasteiger partial charge in [-0.3, -0.25) is 5.32 Å². The van der Waals surface area contributed by atoms with Crippen LogP contribution in [0.25, 0.3) is 39.1 Å². The number of hydrogen-bond donors (Lipinski definition) is 2. The highest BCUT2D eigenvalue weighted by Gasteiger charge is 2.51. The summed E-state index contributed by atoms with van der Waals surface area (Å²) in [5, 5.41) is 7.80. The quantitative estimate of drug-likeness (QED) is 0.176. The van der Waals surface area contributed by atoms with Gasteiger partial charge >= 0.3 is 0 Å². The lowest BCUT2D eigenvalue weighted by molar-refractivity contribution is 0.443. The van der Waals surface area contributed by atoms with E-state index in [-0.39, 0.29) is 12.2 Å². The normalized spacial score (nSPS) is 16.6. The SMILES string of the molecule is C1=C(c2ccccc2-c2ccccc2-c2ccc3c(c2)C2(c4ccccc4-3)c3ccccc3N(c3ccccc3)c3ccccc32)NC(c2ccccc2)NC1c1ccccc1. The Morgan fingerprint density at radius 3 is 1.52 bits per heavy atom. The molecule has 0 saturated carbocycles. The molecule has 9 aromatic rings. The lowest BCUT2D eigenvalue weighted by atomic mass is 9.64. The molecule has 294 valence electrons. The molecular formula is C59H43N3. The van der Waals surface area contributed by atoms with Gasteiger partial charge in [-0.25, -0.2) is 0 Å². The van der Waals surface area contributed by atoms with Crippen LogP contribution in [0.5, 0.6) is 0 Å². The van der Waals surface area contributed by atoms with Gasteiger partial charge in [-0.2, -0.15) is 0 Å². The smallest absolute Gasteiger partial charge is 0.104 e. The van der Waals surface area contributed by atoms with Crippen LogP contribution in [0.1, 0.15) is 51.2 Å². The summed E-state index contributed by atoms with van der Waals surface area (Å²) in [6, 6.07) is 84.5. The van der Waals surface area contributed by atoms with Crippen molar-refractivity contribution in [3.8, 4) is 33.4 Å². The zero-order chi connectivity index (χ0) is 41.0. The number of fused-ring (bicyclic) bond motifs is 9. The van der Waals surface area contributed by atoms with Gasteiger partial charge in [0.25, 0.3) is 0 Å². The molecule has 2 N–H and O–H groups in total. The van der Waals surface area contributed by atoms with Crippen molar-refractivity contribution in [3.63, 3.8) is 0 Å². The highest BCUT2D eigenvalue weighted by atomic mass is 15.2. The number of benzene rings is 9. The molecular weight excluding hydrogens is 751 g/mol. The number of rotatable bonds is 6. The Morgan fingerprint density at radius 2 is 0.855 bits per heavy atom.